The van der Waals surface area contributed by atoms with Crippen molar-refractivity contribution < 1.29 is 9.18 Å². The maximum Gasteiger partial charge on any atom is 0.257 e. The van der Waals surface area contributed by atoms with Crippen LogP contribution in [-0.4, -0.2) is 10.9 Å². The largest absolute Gasteiger partial charge is 0.307 e. The summed E-state index contributed by atoms with van der Waals surface area (Å²) in [7, 11) is 0. The van der Waals surface area contributed by atoms with Gasteiger partial charge in [0.05, 0.1) is 5.56 Å². The van der Waals surface area contributed by atoms with Crippen molar-refractivity contribution in [2.75, 3.05) is 5.32 Å². The number of benzene rings is 1. The maximum absolute atomic E-state index is 13.0. The Morgan fingerprint density at radius 1 is 1.29 bits per heavy atom. The van der Waals surface area contributed by atoms with Gasteiger partial charge >= 0.3 is 0 Å². The van der Waals surface area contributed by atoms with Gasteiger partial charge in [-0.3, -0.25) is 4.79 Å². The molecule has 1 aromatic carbocycles. The summed E-state index contributed by atoms with van der Waals surface area (Å²) in [6, 6.07) is 9.27. The smallest absolute Gasteiger partial charge is 0.257 e. The van der Waals surface area contributed by atoms with Crippen LogP contribution in [0, 0.1) is 9.39 Å². The highest BCUT2D eigenvalue weighted by molar-refractivity contribution is 14.1. The number of carbonyl (C=O) groups excluding carboxylic acids is 1. The van der Waals surface area contributed by atoms with Crippen molar-refractivity contribution in [3.63, 3.8) is 0 Å². The molecular formula is C12H8FIN2O. The molecule has 0 saturated heterocycles. The molecule has 2 rings (SSSR count). The van der Waals surface area contributed by atoms with Crippen molar-refractivity contribution in [2.24, 2.45) is 0 Å². The van der Waals surface area contributed by atoms with Crippen LogP contribution in [0.3, 0.4) is 0 Å². The minimum absolute atomic E-state index is 0.302. The molecule has 0 aliphatic carbocycles. The van der Waals surface area contributed by atoms with Crippen molar-refractivity contribution in [1.82, 2.24) is 4.98 Å². The van der Waals surface area contributed by atoms with Gasteiger partial charge in [-0.2, -0.15) is 0 Å². The molecule has 0 fully saturated rings. The average Bonchev–Trinajstić information content (AvgIpc) is 2.33. The molecule has 1 amide bonds. The Bertz CT molecular complexity index is 545. The molecule has 86 valence electrons. The first kappa shape index (κ1) is 12.0. The van der Waals surface area contributed by atoms with E-state index in [9.17, 15) is 9.18 Å². The number of nitrogens with zero attached hydrogens (tertiary/aromatic N) is 1. The van der Waals surface area contributed by atoms with Crippen LogP contribution in [-0.2, 0) is 0 Å². The SMILES string of the molecule is O=C(Nc1ccccn1)c1cc(F)ccc1I. The summed E-state index contributed by atoms with van der Waals surface area (Å²) in [6.07, 6.45) is 1.58. The number of nitrogens with one attached hydrogen (secondary N) is 1. The van der Waals surface area contributed by atoms with Crippen LogP contribution in [0.15, 0.2) is 42.6 Å². The highest BCUT2D eigenvalue weighted by Crippen LogP contribution is 2.15. The number of hydrogen-bond donors (Lipinski definition) is 1. The molecule has 0 unspecified atom stereocenters. The number of halogens is 2. The lowest BCUT2D eigenvalue weighted by molar-refractivity contribution is 0.102. The summed E-state index contributed by atoms with van der Waals surface area (Å²) < 4.78 is 13.7. The molecule has 0 aliphatic heterocycles. The molecule has 3 nitrogen and oxygen atoms in total. The Balaban J connectivity index is 2.23. The first-order valence-electron chi connectivity index (χ1n) is 4.84. The van der Waals surface area contributed by atoms with Gasteiger partial charge in [0.1, 0.15) is 11.6 Å². The molecule has 5 heteroatoms. The molecule has 1 heterocycles. The third-order valence-corrected chi connectivity index (χ3v) is 3.02. The number of rotatable bonds is 2. The van der Waals surface area contributed by atoms with E-state index in [1.165, 1.54) is 12.1 Å². The zero-order chi connectivity index (χ0) is 12.3. The van der Waals surface area contributed by atoms with Gasteiger partial charge in [-0.25, -0.2) is 9.37 Å². The van der Waals surface area contributed by atoms with Crippen molar-refractivity contribution >= 4 is 34.3 Å². The highest BCUT2D eigenvalue weighted by Gasteiger charge is 2.11. The van der Waals surface area contributed by atoms with E-state index in [0.717, 1.165) is 0 Å². The minimum atomic E-state index is -0.434. The molecule has 1 aromatic heterocycles. The van der Waals surface area contributed by atoms with E-state index in [-0.39, 0.29) is 5.91 Å². The molecule has 0 radical (unpaired) electrons. The van der Waals surface area contributed by atoms with E-state index < -0.39 is 5.82 Å². The van der Waals surface area contributed by atoms with E-state index in [4.69, 9.17) is 0 Å². The number of carbonyl (C=O) groups is 1. The first-order chi connectivity index (χ1) is 8.16. The van der Waals surface area contributed by atoms with E-state index in [0.29, 0.717) is 15.0 Å². The Labute approximate surface area is 111 Å². The van der Waals surface area contributed by atoms with Gasteiger partial charge in [-0.15, -0.1) is 0 Å². The van der Waals surface area contributed by atoms with Gasteiger partial charge < -0.3 is 5.32 Å². The molecule has 0 bridgehead atoms. The summed E-state index contributed by atoms with van der Waals surface area (Å²) >= 11 is 1.99. The quantitative estimate of drug-likeness (QED) is 0.853. The lowest BCUT2D eigenvalue weighted by Gasteiger charge is -2.05. The van der Waals surface area contributed by atoms with Crippen LogP contribution in [0.25, 0.3) is 0 Å². The topological polar surface area (TPSA) is 42.0 Å². The predicted molar refractivity (Wildman–Crippen MR) is 71.3 cm³/mol. The van der Waals surface area contributed by atoms with E-state index in [1.807, 2.05) is 22.6 Å². The molecule has 2 aromatic rings. The fourth-order valence-electron chi connectivity index (χ4n) is 1.29. The fraction of sp³-hybridized carbons (Fsp3) is 0. The first-order valence-corrected chi connectivity index (χ1v) is 5.92. The molecule has 0 saturated carbocycles. The zero-order valence-electron chi connectivity index (χ0n) is 8.65. The van der Waals surface area contributed by atoms with Crippen LogP contribution >= 0.6 is 22.6 Å². The van der Waals surface area contributed by atoms with Crippen LogP contribution in [0.1, 0.15) is 10.4 Å². The van der Waals surface area contributed by atoms with Crippen molar-refractivity contribution in [3.8, 4) is 0 Å². The van der Waals surface area contributed by atoms with Gasteiger partial charge in [-0.05, 0) is 52.9 Å². The van der Waals surface area contributed by atoms with Gasteiger partial charge in [0.2, 0.25) is 0 Å². The van der Waals surface area contributed by atoms with Crippen LogP contribution in [0.4, 0.5) is 10.2 Å². The maximum atomic E-state index is 13.0. The number of aromatic nitrogens is 1. The standard InChI is InChI=1S/C12H8FIN2O/c13-8-4-5-10(14)9(7-8)12(17)16-11-3-1-2-6-15-11/h1-7H,(H,15,16,17). The van der Waals surface area contributed by atoms with Crippen molar-refractivity contribution in [1.29, 1.82) is 0 Å². The van der Waals surface area contributed by atoms with Crippen molar-refractivity contribution in [2.45, 2.75) is 0 Å². The average molecular weight is 342 g/mol. The lowest BCUT2D eigenvalue weighted by atomic mass is 10.2. The second-order valence-corrected chi connectivity index (χ2v) is 4.46. The number of pyridine rings is 1. The molecule has 0 aliphatic rings. The summed E-state index contributed by atoms with van der Waals surface area (Å²) in [5.41, 5.74) is 0.302. The van der Waals surface area contributed by atoms with E-state index in [1.54, 1.807) is 30.5 Å². The van der Waals surface area contributed by atoms with Crippen molar-refractivity contribution in [3.05, 3.63) is 57.5 Å². The molecule has 1 N–H and O–H groups in total. The van der Waals surface area contributed by atoms with Gasteiger partial charge in [0.15, 0.2) is 0 Å². The van der Waals surface area contributed by atoms with Crippen LogP contribution in [0.5, 0.6) is 0 Å². The third-order valence-electron chi connectivity index (χ3n) is 2.08. The second kappa shape index (κ2) is 5.22. The molecule has 0 atom stereocenters. The van der Waals surface area contributed by atoms with Crippen LogP contribution in [0.2, 0.25) is 0 Å². The number of hydrogen-bond acceptors (Lipinski definition) is 2. The highest BCUT2D eigenvalue weighted by atomic mass is 127. The van der Waals surface area contributed by atoms with E-state index >= 15 is 0 Å². The predicted octanol–water partition coefficient (Wildman–Crippen LogP) is 3.08. The van der Waals surface area contributed by atoms with Crippen LogP contribution < -0.4 is 5.32 Å². The van der Waals surface area contributed by atoms with Gasteiger partial charge in [0, 0.05) is 9.77 Å². The normalized spacial score (nSPS) is 10.0. The fourth-order valence-corrected chi connectivity index (χ4v) is 1.87. The van der Waals surface area contributed by atoms with Gasteiger partial charge in [-0.1, -0.05) is 6.07 Å². The second-order valence-electron chi connectivity index (χ2n) is 3.29. The van der Waals surface area contributed by atoms with Gasteiger partial charge in [0.25, 0.3) is 5.91 Å². The lowest BCUT2D eigenvalue weighted by Crippen LogP contribution is -2.14. The Morgan fingerprint density at radius 2 is 2.12 bits per heavy atom. The minimum Gasteiger partial charge on any atom is -0.307 e. The number of anilines is 1. The summed E-state index contributed by atoms with van der Waals surface area (Å²) in [6.45, 7) is 0. The Kier molecular flexibility index (Phi) is 3.68. The molecular weight excluding hydrogens is 334 g/mol. The zero-order valence-corrected chi connectivity index (χ0v) is 10.8. The molecule has 0 spiro atoms. The molecule has 17 heavy (non-hydrogen) atoms. The Morgan fingerprint density at radius 3 is 2.82 bits per heavy atom. The summed E-state index contributed by atoms with van der Waals surface area (Å²) in [5, 5.41) is 2.60. The summed E-state index contributed by atoms with van der Waals surface area (Å²) in [4.78, 5) is 15.8. The Hall–Kier alpha value is -1.50. The van der Waals surface area contributed by atoms with E-state index in [2.05, 4.69) is 10.3 Å². The number of amides is 1. The third kappa shape index (κ3) is 3.00. The monoisotopic (exact) mass is 342 g/mol. The summed E-state index contributed by atoms with van der Waals surface area (Å²) in [5.74, 6) is -0.359.